The molecule has 7 heteroatoms. The Hall–Kier alpha value is -1.95. The zero-order valence-electron chi connectivity index (χ0n) is 9.29. The fourth-order valence-corrected chi connectivity index (χ4v) is 1.62. The maximum absolute atomic E-state index is 12.8. The standard InChI is InChI=1S/C12H7ClF3NO2/c13-7-3-4-9(8(6-7)12(14,15)16)17-11(18)10-2-1-5-19-10/h1-6H,(H,17,18). The van der Waals surface area contributed by atoms with Crippen LogP contribution in [0.25, 0.3) is 0 Å². The van der Waals surface area contributed by atoms with Crippen LogP contribution in [0.3, 0.4) is 0 Å². The van der Waals surface area contributed by atoms with E-state index in [1.54, 1.807) is 0 Å². The van der Waals surface area contributed by atoms with Gasteiger partial charge in [0.2, 0.25) is 0 Å². The van der Waals surface area contributed by atoms with E-state index in [0.717, 1.165) is 12.1 Å². The van der Waals surface area contributed by atoms with Gasteiger partial charge in [-0.25, -0.2) is 0 Å². The van der Waals surface area contributed by atoms with Gasteiger partial charge in [-0.15, -0.1) is 0 Å². The van der Waals surface area contributed by atoms with Gasteiger partial charge in [-0.1, -0.05) is 11.6 Å². The number of carbonyl (C=O) groups is 1. The molecule has 0 aliphatic heterocycles. The molecule has 2 aromatic rings. The smallest absolute Gasteiger partial charge is 0.418 e. The first-order valence-corrected chi connectivity index (χ1v) is 5.47. The second-order valence-electron chi connectivity index (χ2n) is 3.62. The van der Waals surface area contributed by atoms with E-state index in [0.29, 0.717) is 0 Å². The molecule has 100 valence electrons. The first kappa shape index (κ1) is 13.5. The van der Waals surface area contributed by atoms with Crippen LogP contribution in [0.15, 0.2) is 41.0 Å². The average molecular weight is 290 g/mol. The van der Waals surface area contributed by atoms with E-state index in [1.165, 1.54) is 24.5 Å². The molecule has 0 saturated carbocycles. The highest BCUT2D eigenvalue weighted by Crippen LogP contribution is 2.36. The molecule has 1 aromatic heterocycles. The number of benzene rings is 1. The first-order chi connectivity index (χ1) is 8.88. The summed E-state index contributed by atoms with van der Waals surface area (Å²) in [4.78, 5) is 11.6. The molecule has 0 spiro atoms. The molecule has 0 unspecified atom stereocenters. The van der Waals surface area contributed by atoms with Crippen molar-refractivity contribution in [1.82, 2.24) is 0 Å². The Kier molecular flexibility index (Phi) is 3.53. The number of carbonyl (C=O) groups excluding carboxylic acids is 1. The van der Waals surface area contributed by atoms with Gasteiger partial charge in [-0.05, 0) is 30.3 Å². The van der Waals surface area contributed by atoms with Crippen LogP contribution in [0.5, 0.6) is 0 Å². The third-order valence-electron chi connectivity index (χ3n) is 2.28. The number of amides is 1. The number of hydrogen-bond donors (Lipinski definition) is 1. The highest BCUT2D eigenvalue weighted by Gasteiger charge is 2.34. The Balaban J connectivity index is 2.33. The molecule has 1 heterocycles. The van der Waals surface area contributed by atoms with Crippen LogP contribution in [0.1, 0.15) is 16.1 Å². The van der Waals surface area contributed by atoms with Crippen molar-refractivity contribution in [3.8, 4) is 0 Å². The van der Waals surface area contributed by atoms with Crippen LogP contribution in [-0.2, 0) is 6.18 Å². The van der Waals surface area contributed by atoms with Crippen molar-refractivity contribution in [2.45, 2.75) is 6.18 Å². The Labute approximate surface area is 111 Å². The van der Waals surface area contributed by atoms with Crippen molar-refractivity contribution >= 4 is 23.2 Å². The van der Waals surface area contributed by atoms with Gasteiger partial charge in [-0.3, -0.25) is 4.79 Å². The van der Waals surface area contributed by atoms with Crippen molar-refractivity contribution in [3.63, 3.8) is 0 Å². The molecular formula is C12H7ClF3NO2. The normalized spacial score (nSPS) is 11.4. The number of hydrogen-bond acceptors (Lipinski definition) is 2. The molecule has 0 bridgehead atoms. The number of rotatable bonds is 2. The second kappa shape index (κ2) is 4.97. The van der Waals surface area contributed by atoms with E-state index in [9.17, 15) is 18.0 Å². The molecule has 0 saturated heterocycles. The van der Waals surface area contributed by atoms with E-state index >= 15 is 0 Å². The minimum Gasteiger partial charge on any atom is -0.459 e. The average Bonchev–Trinajstić information content (AvgIpc) is 2.83. The van der Waals surface area contributed by atoms with Crippen molar-refractivity contribution in [1.29, 1.82) is 0 Å². The van der Waals surface area contributed by atoms with E-state index in [2.05, 4.69) is 5.32 Å². The Morgan fingerprint density at radius 2 is 2.00 bits per heavy atom. The Bertz CT molecular complexity index is 594. The highest BCUT2D eigenvalue weighted by molar-refractivity contribution is 6.30. The van der Waals surface area contributed by atoms with Crippen LogP contribution in [0.4, 0.5) is 18.9 Å². The van der Waals surface area contributed by atoms with Crippen LogP contribution in [0, 0.1) is 0 Å². The van der Waals surface area contributed by atoms with Gasteiger partial charge < -0.3 is 9.73 Å². The van der Waals surface area contributed by atoms with Crippen molar-refractivity contribution in [2.75, 3.05) is 5.32 Å². The summed E-state index contributed by atoms with van der Waals surface area (Å²) in [7, 11) is 0. The number of anilines is 1. The summed E-state index contributed by atoms with van der Waals surface area (Å²) in [6.45, 7) is 0. The molecule has 1 aromatic carbocycles. The van der Waals surface area contributed by atoms with E-state index in [1.807, 2.05) is 0 Å². The summed E-state index contributed by atoms with van der Waals surface area (Å²) in [5.74, 6) is -0.846. The number of alkyl halides is 3. The topological polar surface area (TPSA) is 42.2 Å². The number of nitrogens with one attached hydrogen (secondary N) is 1. The van der Waals surface area contributed by atoms with Gasteiger partial charge in [0.25, 0.3) is 5.91 Å². The van der Waals surface area contributed by atoms with Gasteiger partial charge in [0.15, 0.2) is 5.76 Å². The summed E-state index contributed by atoms with van der Waals surface area (Å²) < 4.78 is 43.2. The fourth-order valence-electron chi connectivity index (χ4n) is 1.45. The fraction of sp³-hybridized carbons (Fsp3) is 0.0833. The third kappa shape index (κ3) is 3.08. The maximum atomic E-state index is 12.8. The quantitative estimate of drug-likeness (QED) is 0.900. The number of halogens is 4. The summed E-state index contributed by atoms with van der Waals surface area (Å²) in [5, 5.41) is 2.07. The van der Waals surface area contributed by atoms with Crippen molar-refractivity contribution < 1.29 is 22.4 Å². The molecule has 3 nitrogen and oxygen atoms in total. The molecule has 1 N–H and O–H groups in total. The highest BCUT2D eigenvalue weighted by atomic mass is 35.5. The predicted molar refractivity (Wildman–Crippen MR) is 63.1 cm³/mol. The predicted octanol–water partition coefficient (Wildman–Crippen LogP) is 4.20. The summed E-state index contributed by atoms with van der Waals surface area (Å²) in [5.41, 5.74) is -1.39. The Morgan fingerprint density at radius 1 is 1.26 bits per heavy atom. The van der Waals surface area contributed by atoms with Crippen molar-refractivity contribution in [2.24, 2.45) is 0 Å². The largest absolute Gasteiger partial charge is 0.459 e. The zero-order chi connectivity index (χ0) is 14.0. The van der Waals surface area contributed by atoms with Crippen molar-refractivity contribution in [3.05, 3.63) is 52.9 Å². The summed E-state index contributed by atoms with van der Waals surface area (Å²) in [6.07, 6.45) is -3.36. The third-order valence-corrected chi connectivity index (χ3v) is 2.52. The molecule has 19 heavy (non-hydrogen) atoms. The van der Waals surface area contributed by atoms with Crippen LogP contribution in [0.2, 0.25) is 5.02 Å². The second-order valence-corrected chi connectivity index (χ2v) is 4.06. The molecule has 1 amide bonds. The van der Waals surface area contributed by atoms with Crippen LogP contribution < -0.4 is 5.32 Å². The van der Waals surface area contributed by atoms with Crippen LogP contribution in [-0.4, -0.2) is 5.91 Å². The first-order valence-electron chi connectivity index (χ1n) is 5.09. The molecular weight excluding hydrogens is 283 g/mol. The lowest BCUT2D eigenvalue weighted by atomic mass is 10.1. The van der Waals surface area contributed by atoms with Gasteiger partial charge in [-0.2, -0.15) is 13.2 Å². The van der Waals surface area contributed by atoms with E-state index < -0.39 is 17.6 Å². The lowest BCUT2D eigenvalue weighted by molar-refractivity contribution is -0.136. The zero-order valence-corrected chi connectivity index (χ0v) is 10.0. The lowest BCUT2D eigenvalue weighted by Crippen LogP contribution is -2.16. The molecule has 0 aliphatic carbocycles. The lowest BCUT2D eigenvalue weighted by Gasteiger charge is -2.13. The maximum Gasteiger partial charge on any atom is 0.418 e. The molecule has 0 aliphatic rings. The van der Waals surface area contributed by atoms with Gasteiger partial charge in [0.05, 0.1) is 17.5 Å². The van der Waals surface area contributed by atoms with Crippen LogP contribution >= 0.6 is 11.6 Å². The molecule has 0 radical (unpaired) electrons. The van der Waals surface area contributed by atoms with E-state index in [4.69, 9.17) is 16.0 Å². The van der Waals surface area contributed by atoms with Gasteiger partial charge in [0, 0.05) is 5.02 Å². The molecule has 2 rings (SSSR count). The Morgan fingerprint density at radius 3 is 2.58 bits per heavy atom. The van der Waals surface area contributed by atoms with Gasteiger partial charge >= 0.3 is 6.18 Å². The van der Waals surface area contributed by atoms with E-state index in [-0.39, 0.29) is 16.5 Å². The SMILES string of the molecule is O=C(Nc1ccc(Cl)cc1C(F)(F)F)c1ccco1. The number of furan rings is 1. The molecule has 0 fully saturated rings. The summed E-state index contributed by atoms with van der Waals surface area (Å²) >= 11 is 5.53. The monoisotopic (exact) mass is 289 g/mol. The molecule has 0 atom stereocenters. The minimum atomic E-state index is -4.61. The van der Waals surface area contributed by atoms with Gasteiger partial charge in [0.1, 0.15) is 0 Å². The minimum absolute atomic E-state index is 0.0664. The summed E-state index contributed by atoms with van der Waals surface area (Å²) in [6, 6.07) is 5.90.